The third kappa shape index (κ3) is 6.10. The summed E-state index contributed by atoms with van der Waals surface area (Å²) in [7, 11) is 0. The third-order valence-corrected chi connectivity index (χ3v) is 6.64. The van der Waals surface area contributed by atoms with Crippen LogP contribution in [0.2, 0.25) is 0 Å². The van der Waals surface area contributed by atoms with Gasteiger partial charge in [-0.05, 0) is 49.5 Å². The Morgan fingerprint density at radius 2 is 1.06 bits per heavy atom. The molecule has 0 saturated heterocycles. The third-order valence-electron chi connectivity index (χ3n) is 6.20. The lowest BCUT2D eigenvalue weighted by Gasteiger charge is -2.31. The molecule has 2 N–H and O–H groups in total. The number of rotatable bonds is 3. The van der Waals surface area contributed by atoms with E-state index in [0.717, 1.165) is 33.4 Å². The van der Waals surface area contributed by atoms with Gasteiger partial charge >= 0.3 is 0 Å². The van der Waals surface area contributed by atoms with Crippen LogP contribution in [-0.2, 0) is 21.7 Å². The number of aromatic hydroxyl groups is 2. The number of benzene rings is 2. The average Bonchev–Trinajstić information content (AvgIpc) is 2.57. The Hall–Kier alpha value is -1.61. The van der Waals surface area contributed by atoms with Gasteiger partial charge in [-0.2, -0.15) is 12.6 Å². The molecule has 1 radical (unpaired) electrons. The first-order chi connectivity index (χ1) is 14.7. The fourth-order valence-corrected chi connectivity index (χ4v) is 4.69. The molecule has 0 heterocycles. The minimum Gasteiger partial charge on any atom is -0.507 e. The molecule has 0 bridgehead atoms. The maximum atomic E-state index is 11.3. The molecule has 0 aliphatic carbocycles. The minimum absolute atomic E-state index is 0.150. The molecule has 1 atom stereocenters. The van der Waals surface area contributed by atoms with Gasteiger partial charge in [0.2, 0.25) is 0 Å². The summed E-state index contributed by atoms with van der Waals surface area (Å²) >= 11 is 4.99. The van der Waals surface area contributed by atoms with Crippen LogP contribution < -0.4 is 0 Å². The molecule has 2 aromatic rings. The molecule has 0 aliphatic rings. The van der Waals surface area contributed by atoms with Crippen molar-refractivity contribution in [1.82, 2.24) is 0 Å². The lowest BCUT2D eigenvalue weighted by molar-refractivity contribution is 0.422. The zero-order valence-corrected chi connectivity index (χ0v) is 23.7. The van der Waals surface area contributed by atoms with Crippen LogP contribution in [0.1, 0.15) is 122 Å². The van der Waals surface area contributed by atoms with Crippen LogP contribution in [0.4, 0.5) is 0 Å². The van der Waals surface area contributed by atoms with E-state index >= 15 is 0 Å². The summed E-state index contributed by atoms with van der Waals surface area (Å²) in [5.74, 6) is 0.752. The number of hydrogen-bond acceptors (Lipinski definition) is 3. The Labute approximate surface area is 208 Å². The second kappa shape index (κ2) is 8.87. The summed E-state index contributed by atoms with van der Waals surface area (Å²) in [6, 6.07) is 8.31. The molecule has 0 aromatic heterocycles. The van der Waals surface area contributed by atoms with Crippen molar-refractivity contribution in [3.8, 4) is 11.5 Å². The van der Waals surface area contributed by atoms with Crippen molar-refractivity contribution in [2.24, 2.45) is 0 Å². The molecular formula is C30H45O2S. The van der Waals surface area contributed by atoms with Crippen LogP contribution in [0.5, 0.6) is 11.5 Å². The zero-order valence-electron chi connectivity index (χ0n) is 22.8. The van der Waals surface area contributed by atoms with Gasteiger partial charge in [-0.1, -0.05) is 107 Å². The molecule has 0 amide bonds. The maximum Gasteiger partial charge on any atom is 0.123 e. The summed E-state index contributed by atoms with van der Waals surface area (Å²) in [6.45, 7) is 25.5. The molecule has 2 aromatic carbocycles. The van der Waals surface area contributed by atoms with E-state index in [-0.39, 0.29) is 26.9 Å². The summed E-state index contributed by atoms with van der Waals surface area (Å²) in [4.78, 5) is 0. The van der Waals surface area contributed by atoms with E-state index in [9.17, 15) is 10.2 Å². The van der Waals surface area contributed by atoms with Crippen LogP contribution in [0.15, 0.2) is 24.3 Å². The largest absolute Gasteiger partial charge is 0.507 e. The first-order valence-corrected chi connectivity index (χ1v) is 12.4. The van der Waals surface area contributed by atoms with E-state index < -0.39 is 0 Å². The summed E-state index contributed by atoms with van der Waals surface area (Å²) in [6.07, 6.45) is 2.13. The number of thiol groups is 1. The van der Waals surface area contributed by atoms with Gasteiger partial charge in [-0.25, -0.2) is 0 Å². The molecule has 0 saturated carbocycles. The van der Waals surface area contributed by atoms with Crippen molar-refractivity contribution in [2.75, 3.05) is 0 Å². The zero-order chi connectivity index (χ0) is 25.7. The topological polar surface area (TPSA) is 40.5 Å². The van der Waals surface area contributed by atoms with Crippen molar-refractivity contribution in [2.45, 2.75) is 110 Å². The molecule has 1 unspecified atom stereocenters. The predicted molar refractivity (Wildman–Crippen MR) is 146 cm³/mol. The van der Waals surface area contributed by atoms with Crippen LogP contribution >= 0.6 is 12.6 Å². The van der Waals surface area contributed by atoms with Gasteiger partial charge in [-0.15, -0.1) is 0 Å². The van der Waals surface area contributed by atoms with Crippen molar-refractivity contribution < 1.29 is 10.2 Å². The smallest absolute Gasteiger partial charge is 0.123 e. The van der Waals surface area contributed by atoms with E-state index in [1.807, 2.05) is 6.07 Å². The number of hydrogen-bond donors (Lipinski definition) is 3. The fourth-order valence-electron chi connectivity index (χ4n) is 4.38. The lowest BCUT2D eigenvalue weighted by atomic mass is 9.75. The van der Waals surface area contributed by atoms with Gasteiger partial charge in [0.05, 0.1) is 0 Å². The molecule has 2 rings (SSSR count). The molecule has 2 nitrogen and oxygen atoms in total. The van der Waals surface area contributed by atoms with Gasteiger partial charge in [0.15, 0.2) is 0 Å². The van der Waals surface area contributed by atoms with Gasteiger partial charge in [0.25, 0.3) is 0 Å². The average molecular weight is 470 g/mol. The Bertz CT molecular complexity index is 971. The van der Waals surface area contributed by atoms with E-state index in [4.69, 9.17) is 12.6 Å². The van der Waals surface area contributed by atoms with E-state index in [1.54, 1.807) is 0 Å². The molecule has 0 aliphatic heterocycles. The second-order valence-corrected chi connectivity index (χ2v) is 14.1. The van der Waals surface area contributed by atoms with Crippen molar-refractivity contribution in [3.05, 3.63) is 64.1 Å². The molecule has 33 heavy (non-hydrogen) atoms. The van der Waals surface area contributed by atoms with Crippen LogP contribution in [0.25, 0.3) is 0 Å². The molecule has 0 spiro atoms. The monoisotopic (exact) mass is 469 g/mol. The fraction of sp³-hybridized carbons (Fsp3) is 0.567. The standard InChI is InChI=1S/C30H45O2S/c1-27(2,3)20-14-13-18(24(26(20)32)30(10,11)12)17-23(33)19-15-21(28(4,5)6)25(31)22(16-19)29(7,8)9/h13-17,23,31-33H,1-12H3. The van der Waals surface area contributed by atoms with Crippen LogP contribution in [0.3, 0.4) is 0 Å². The normalized spacial score (nSPS) is 14.5. The molecule has 0 fully saturated rings. The highest BCUT2D eigenvalue weighted by atomic mass is 32.1. The Kier molecular flexibility index (Phi) is 7.43. The summed E-state index contributed by atoms with van der Waals surface area (Å²) in [5, 5.41) is 22.2. The van der Waals surface area contributed by atoms with E-state index in [0.29, 0.717) is 11.5 Å². The quantitative estimate of drug-likeness (QED) is 0.394. The Morgan fingerprint density at radius 1 is 0.636 bits per heavy atom. The maximum absolute atomic E-state index is 11.3. The molecule has 3 heteroatoms. The van der Waals surface area contributed by atoms with Crippen molar-refractivity contribution in [3.63, 3.8) is 0 Å². The van der Waals surface area contributed by atoms with E-state index in [2.05, 4.69) is 108 Å². The number of phenolic OH excluding ortho intramolecular Hbond substituents is 2. The number of phenols is 2. The van der Waals surface area contributed by atoms with Gasteiger partial charge < -0.3 is 10.2 Å². The van der Waals surface area contributed by atoms with Gasteiger partial charge in [0.1, 0.15) is 11.5 Å². The molecular weight excluding hydrogens is 424 g/mol. The van der Waals surface area contributed by atoms with Gasteiger partial charge in [-0.3, -0.25) is 0 Å². The Balaban J connectivity index is 2.66. The highest BCUT2D eigenvalue weighted by Crippen LogP contribution is 2.45. The predicted octanol–water partition coefficient (Wildman–Crippen LogP) is 8.51. The highest BCUT2D eigenvalue weighted by Gasteiger charge is 2.31. The van der Waals surface area contributed by atoms with Crippen LogP contribution in [-0.4, -0.2) is 10.2 Å². The van der Waals surface area contributed by atoms with Crippen molar-refractivity contribution >= 4 is 12.6 Å². The molecule has 183 valence electrons. The minimum atomic E-state index is -0.229. The highest BCUT2D eigenvalue weighted by molar-refractivity contribution is 7.80. The van der Waals surface area contributed by atoms with Gasteiger partial charge in [0, 0.05) is 17.2 Å². The Morgan fingerprint density at radius 3 is 1.42 bits per heavy atom. The SMILES string of the molecule is CC(C)(C)c1cc(C(S)[CH]c2ccc(C(C)(C)C)c(O)c2C(C)(C)C)cc(C(C)(C)C)c1O. The van der Waals surface area contributed by atoms with Crippen LogP contribution in [0, 0.1) is 6.42 Å². The van der Waals surface area contributed by atoms with E-state index in [1.165, 1.54) is 0 Å². The lowest BCUT2D eigenvalue weighted by Crippen LogP contribution is -2.20. The second-order valence-electron chi connectivity index (χ2n) is 13.5. The van der Waals surface area contributed by atoms with Crippen molar-refractivity contribution in [1.29, 1.82) is 0 Å². The summed E-state index contributed by atoms with van der Waals surface area (Å²) in [5.41, 5.74) is 5.03. The first kappa shape index (κ1) is 27.6. The summed E-state index contributed by atoms with van der Waals surface area (Å²) < 4.78 is 0. The first-order valence-electron chi connectivity index (χ1n) is 11.9.